The second-order valence-corrected chi connectivity index (χ2v) is 4.61. The fourth-order valence-electron chi connectivity index (χ4n) is 1.92. The molecule has 0 radical (unpaired) electrons. The molecule has 0 aliphatic carbocycles. The number of urea groups is 1. The van der Waals surface area contributed by atoms with Crippen molar-refractivity contribution in [2.75, 3.05) is 38.6 Å². The Morgan fingerprint density at radius 1 is 1.38 bits per heavy atom. The van der Waals surface area contributed by atoms with E-state index in [-0.39, 0.29) is 31.6 Å². The van der Waals surface area contributed by atoms with Gasteiger partial charge in [-0.3, -0.25) is 4.79 Å². The number of rotatable bonds is 7. The highest BCUT2D eigenvalue weighted by molar-refractivity contribution is 5.76. The first kappa shape index (κ1) is 15.0. The number of hydrogen-bond donors (Lipinski definition) is 2. The zero-order valence-electron chi connectivity index (χ0n) is 11.7. The summed E-state index contributed by atoms with van der Waals surface area (Å²) in [6, 6.07) is 6.89. The van der Waals surface area contributed by atoms with Crippen molar-refractivity contribution >= 4 is 17.7 Å². The Kier molecular flexibility index (Phi) is 5.25. The van der Waals surface area contributed by atoms with E-state index in [1.807, 2.05) is 0 Å². The van der Waals surface area contributed by atoms with E-state index in [2.05, 4.69) is 5.32 Å². The van der Waals surface area contributed by atoms with Crippen molar-refractivity contribution in [3.63, 3.8) is 0 Å². The van der Waals surface area contributed by atoms with E-state index in [4.69, 9.17) is 15.2 Å². The fourth-order valence-corrected chi connectivity index (χ4v) is 1.92. The van der Waals surface area contributed by atoms with Gasteiger partial charge in [0, 0.05) is 24.8 Å². The number of nitrogen functional groups attached to an aromatic ring is 1. The summed E-state index contributed by atoms with van der Waals surface area (Å²) < 4.78 is 10.4. The van der Waals surface area contributed by atoms with Gasteiger partial charge in [-0.05, 0) is 12.1 Å². The summed E-state index contributed by atoms with van der Waals surface area (Å²) in [5.74, 6) is 0.273. The van der Waals surface area contributed by atoms with Crippen LogP contribution in [0.1, 0.15) is 6.42 Å². The van der Waals surface area contributed by atoms with E-state index in [1.165, 1.54) is 0 Å². The number of carbonyl (C=O) groups is 2. The standard InChI is InChI=1S/C14H19N3O4/c15-11-2-1-3-12(10-11)20-8-4-13(18)21-9-7-17-6-5-16-14(17)19/h1-3,10H,4-9,15H2,(H,16,19). The van der Waals surface area contributed by atoms with Gasteiger partial charge in [0.05, 0.1) is 19.6 Å². The third-order valence-electron chi connectivity index (χ3n) is 3.00. The second kappa shape index (κ2) is 7.37. The third-order valence-corrected chi connectivity index (χ3v) is 3.00. The van der Waals surface area contributed by atoms with Gasteiger partial charge in [-0.25, -0.2) is 4.79 Å². The summed E-state index contributed by atoms with van der Waals surface area (Å²) in [4.78, 5) is 24.4. The third kappa shape index (κ3) is 4.87. The number of hydrogen-bond acceptors (Lipinski definition) is 5. The molecular formula is C14H19N3O4. The lowest BCUT2D eigenvalue weighted by Crippen LogP contribution is -2.31. The molecule has 1 heterocycles. The van der Waals surface area contributed by atoms with E-state index in [0.717, 1.165) is 0 Å². The topological polar surface area (TPSA) is 93.9 Å². The molecule has 21 heavy (non-hydrogen) atoms. The van der Waals surface area contributed by atoms with Crippen LogP contribution in [0, 0.1) is 0 Å². The number of carbonyl (C=O) groups excluding carboxylic acids is 2. The van der Waals surface area contributed by atoms with Crippen molar-refractivity contribution in [3.05, 3.63) is 24.3 Å². The molecule has 0 saturated carbocycles. The first-order chi connectivity index (χ1) is 10.1. The first-order valence-corrected chi connectivity index (χ1v) is 6.82. The Hall–Kier alpha value is -2.44. The molecule has 2 amide bonds. The van der Waals surface area contributed by atoms with Gasteiger partial charge >= 0.3 is 12.0 Å². The van der Waals surface area contributed by atoms with Crippen LogP contribution in [0.3, 0.4) is 0 Å². The number of nitrogens with two attached hydrogens (primary N) is 1. The maximum Gasteiger partial charge on any atom is 0.317 e. The molecule has 1 saturated heterocycles. The van der Waals surface area contributed by atoms with Crippen molar-refractivity contribution in [2.24, 2.45) is 0 Å². The monoisotopic (exact) mass is 293 g/mol. The molecule has 1 fully saturated rings. The van der Waals surface area contributed by atoms with Crippen LogP contribution in [0.5, 0.6) is 5.75 Å². The van der Waals surface area contributed by atoms with Crippen molar-refractivity contribution in [1.82, 2.24) is 10.2 Å². The minimum absolute atomic E-state index is 0.115. The minimum Gasteiger partial charge on any atom is -0.493 e. The van der Waals surface area contributed by atoms with E-state index in [1.54, 1.807) is 29.2 Å². The quantitative estimate of drug-likeness (QED) is 0.567. The molecule has 1 aliphatic rings. The Labute approximate surface area is 123 Å². The fraction of sp³-hybridized carbons (Fsp3) is 0.429. The van der Waals surface area contributed by atoms with Gasteiger partial charge in [-0.2, -0.15) is 0 Å². The van der Waals surface area contributed by atoms with E-state index in [0.29, 0.717) is 31.1 Å². The normalized spacial score (nSPS) is 13.9. The lowest BCUT2D eigenvalue weighted by molar-refractivity contribution is -0.144. The van der Waals surface area contributed by atoms with Crippen LogP contribution in [-0.4, -0.2) is 49.7 Å². The molecule has 114 valence electrons. The van der Waals surface area contributed by atoms with Crippen molar-refractivity contribution in [2.45, 2.75) is 6.42 Å². The van der Waals surface area contributed by atoms with Crippen LogP contribution in [0.2, 0.25) is 0 Å². The molecule has 0 unspecified atom stereocenters. The van der Waals surface area contributed by atoms with Crippen LogP contribution >= 0.6 is 0 Å². The molecule has 1 aliphatic heterocycles. The summed E-state index contributed by atoms with van der Waals surface area (Å²) in [7, 11) is 0. The molecule has 0 atom stereocenters. The van der Waals surface area contributed by atoms with Crippen LogP contribution in [-0.2, 0) is 9.53 Å². The number of esters is 1. The summed E-state index contributed by atoms with van der Waals surface area (Å²) in [5, 5.41) is 2.68. The van der Waals surface area contributed by atoms with Gasteiger partial charge < -0.3 is 25.4 Å². The average molecular weight is 293 g/mol. The largest absolute Gasteiger partial charge is 0.493 e. The van der Waals surface area contributed by atoms with E-state index >= 15 is 0 Å². The van der Waals surface area contributed by atoms with Gasteiger partial charge in [0.1, 0.15) is 12.4 Å². The van der Waals surface area contributed by atoms with Crippen LogP contribution in [0.4, 0.5) is 10.5 Å². The molecule has 3 N–H and O–H groups in total. The average Bonchev–Trinajstić information content (AvgIpc) is 2.85. The number of nitrogens with one attached hydrogen (secondary N) is 1. The highest BCUT2D eigenvalue weighted by atomic mass is 16.5. The molecule has 2 rings (SSSR count). The maximum atomic E-state index is 11.5. The lowest BCUT2D eigenvalue weighted by atomic mass is 10.3. The van der Waals surface area contributed by atoms with Gasteiger partial charge in [-0.1, -0.05) is 6.07 Å². The number of amides is 2. The molecule has 1 aromatic carbocycles. The molecule has 0 bridgehead atoms. The number of anilines is 1. The molecule has 1 aromatic rings. The summed E-state index contributed by atoms with van der Waals surface area (Å²) in [6.07, 6.45) is 0.154. The van der Waals surface area contributed by atoms with Crippen molar-refractivity contribution in [1.29, 1.82) is 0 Å². The Morgan fingerprint density at radius 3 is 2.95 bits per heavy atom. The highest BCUT2D eigenvalue weighted by Crippen LogP contribution is 2.14. The van der Waals surface area contributed by atoms with Gasteiger partial charge in [-0.15, -0.1) is 0 Å². The SMILES string of the molecule is Nc1cccc(OCCC(=O)OCCN2CCNC2=O)c1. The van der Waals surface area contributed by atoms with E-state index < -0.39 is 0 Å². The lowest BCUT2D eigenvalue weighted by Gasteiger charge is -2.13. The molecule has 0 spiro atoms. The Bertz CT molecular complexity index is 507. The first-order valence-electron chi connectivity index (χ1n) is 6.82. The number of nitrogens with zero attached hydrogens (tertiary/aromatic N) is 1. The summed E-state index contributed by atoms with van der Waals surface area (Å²) in [5.41, 5.74) is 6.23. The molecule has 7 heteroatoms. The van der Waals surface area contributed by atoms with Crippen LogP contribution < -0.4 is 15.8 Å². The van der Waals surface area contributed by atoms with Crippen LogP contribution in [0.25, 0.3) is 0 Å². The van der Waals surface area contributed by atoms with Crippen LogP contribution in [0.15, 0.2) is 24.3 Å². The minimum atomic E-state index is -0.349. The van der Waals surface area contributed by atoms with Gasteiger partial charge in [0.15, 0.2) is 0 Å². The van der Waals surface area contributed by atoms with Crippen molar-refractivity contribution < 1.29 is 19.1 Å². The predicted molar refractivity (Wildman–Crippen MR) is 76.9 cm³/mol. The summed E-state index contributed by atoms with van der Waals surface area (Å²) in [6.45, 7) is 2.13. The van der Waals surface area contributed by atoms with Gasteiger partial charge in [0.2, 0.25) is 0 Å². The molecule has 7 nitrogen and oxygen atoms in total. The Balaban J connectivity index is 1.58. The molecule has 0 aromatic heterocycles. The zero-order valence-corrected chi connectivity index (χ0v) is 11.7. The second-order valence-electron chi connectivity index (χ2n) is 4.61. The summed E-state index contributed by atoms with van der Waals surface area (Å²) >= 11 is 0. The van der Waals surface area contributed by atoms with Crippen molar-refractivity contribution in [3.8, 4) is 5.75 Å². The Morgan fingerprint density at radius 2 is 2.24 bits per heavy atom. The highest BCUT2D eigenvalue weighted by Gasteiger charge is 2.19. The van der Waals surface area contributed by atoms with Gasteiger partial charge in [0.25, 0.3) is 0 Å². The zero-order chi connectivity index (χ0) is 15.1. The molecular weight excluding hydrogens is 274 g/mol. The number of benzene rings is 1. The maximum absolute atomic E-state index is 11.5. The van der Waals surface area contributed by atoms with E-state index in [9.17, 15) is 9.59 Å². The predicted octanol–water partition coefficient (Wildman–Crippen LogP) is 0.606. The number of ether oxygens (including phenoxy) is 2. The smallest absolute Gasteiger partial charge is 0.317 e.